The smallest absolute Gasteiger partial charge is 0.227 e. The minimum Gasteiger partial charge on any atom is -0.497 e. The molecule has 1 fully saturated rings. The zero-order valence-electron chi connectivity index (χ0n) is 12.0. The molecular weight excluding hydrogens is 318 g/mol. The summed E-state index contributed by atoms with van der Waals surface area (Å²) in [7, 11) is 1.65. The summed E-state index contributed by atoms with van der Waals surface area (Å²) >= 11 is 3.45. The van der Waals surface area contributed by atoms with Gasteiger partial charge < -0.3 is 9.64 Å². The summed E-state index contributed by atoms with van der Waals surface area (Å²) in [6, 6.07) is 8.24. The van der Waals surface area contributed by atoms with Gasteiger partial charge in [0.15, 0.2) is 0 Å². The molecule has 3 nitrogen and oxygen atoms in total. The molecule has 1 aromatic rings. The number of hydrogen-bond donors (Lipinski definition) is 0. The van der Waals surface area contributed by atoms with Gasteiger partial charge in [0.25, 0.3) is 0 Å². The van der Waals surface area contributed by atoms with Crippen molar-refractivity contribution in [2.75, 3.05) is 19.0 Å². The first-order chi connectivity index (χ1) is 9.74. The SMILES string of the molecule is COc1cccc(CC(=O)N(CCCBr)C2CCC2)c1. The maximum atomic E-state index is 12.5. The van der Waals surface area contributed by atoms with Gasteiger partial charge in [-0.25, -0.2) is 0 Å². The number of halogens is 1. The Kier molecular flexibility index (Phi) is 5.89. The van der Waals surface area contributed by atoms with E-state index in [-0.39, 0.29) is 5.91 Å². The largest absolute Gasteiger partial charge is 0.497 e. The first-order valence-corrected chi connectivity index (χ1v) is 8.35. The number of alkyl halides is 1. The predicted molar refractivity (Wildman–Crippen MR) is 84.5 cm³/mol. The molecule has 0 bridgehead atoms. The number of amides is 1. The van der Waals surface area contributed by atoms with Gasteiger partial charge in [0, 0.05) is 17.9 Å². The molecule has 0 N–H and O–H groups in total. The molecule has 2 rings (SSSR count). The molecule has 1 aliphatic carbocycles. The Morgan fingerprint density at radius 1 is 1.45 bits per heavy atom. The molecule has 0 unspecified atom stereocenters. The Bertz CT molecular complexity index is 446. The van der Waals surface area contributed by atoms with E-state index in [9.17, 15) is 4.79 Å². The third kappa shape index (κ3) is 3.98. The van der Waals surface area contributed by atoms with Crippen LogP contribution in [-0.4, -0.2) is 35.8 Å². The summed E-state index contributed by atoms with van der Waals surface area (Å²) in [6.07, 6.45) is 5.05. The third-order valence-electron chi connectivity index (χ3n) is 3.86. The van der Waals surface area contributed by atoms with Gasteiger partial charge >= 0.3 is 0 Å². The molecule has 1 saturated carbocycles. The second kappa shape index (κ2) is 7.67. The van der Waals surface area contributed by atoms with E-state index in [0.717, 1.165) is 42.5 Å². The van der Waals surface area contributed by atoms with Crippen LogP contribution < -0.4 is 4.74 Å². The lowest BCUT2D eigenvalue weighted by molar-refractivity contribution is -0.134. The van der Waals surface area contributed by atoms with Gasteiger partial charge in [-0.05, 0) is 43.4 Å². The highest BCUT2D eigenvalue weighted by Gasteiger charge is 2.28. The fourth-order valence-corrected chi connectivity index (χ4v) is 2.75. The van der Waals surface area contributed by atoms with Crippen molar-refractivity contribution in [1.82, 2.24) is 4.90 Å². The number of carbonyl (C=O) groups excluding carboxylic acids is 1. The number of carbonyl (C=O) groups is 1. The molecule has 4 heteroatoms. The summed E-state index contributed by atoms with van der Waals surface area (Å²) < 4.78 is 5.21. The van der Waals surface area contributed by atoms with Crippen LogP contribution in [-0.2, 0) is 11.2 Å². The van der Waals surface area contributed by atoms with Crippen LogP contribution in [0.3, 0.4) is 0 Å². The number of hydrogen-bond acceptors (Lipinski definition) is 2. The van der Waals surface area contributed by atoms with Crippen molar-refractivity contribution in [3.8, 4) is 5.75 Å². The average Bonchev–Trinajstić information content (AvgIpc) is 2.41. The van der Waals surface area contributed by atoms with Crippen molar-refractivity contribution >= 4 is 21.8 Å². The fraction of sp³-hybridized carbons (Fsp3) is 0.562. The maximum absolute atomic E-state index is 12.5. The summed E-state index contributed by atoms with van der Waals surface area (Å²) in [5, 5.41) is 0.947. The molecule has 0 radical (unpaired) electrons. The molecule has 1 aliphatic rings. The lowest BCUT2D eigenvalue weighted by Crippen LogP contribution is -2.45. The van der Waals surface area contributed by atoms with Crippen molar-refractivity contribution in [1.29, 1.82) is 0 Å². The van der Waals surface area contributed by atoms with Crippen molar-refractivity contribution in [3.63, 3.8) is 0 Å². The summed E-state index contributed by atoms with van der Waals surface area (Å²) in [6.45, 7) is 0.860. The molecule has 1 aromatic carbocycles. The molecule has 20 heavy (non-hydrogen) atoms. The minimum absolute atomic E-state index is 0.240. The average molecular weight is 340 g/mol. The van der Waals surface area contributed by atoms with Crippen LogP contribution in [0.15, 0.2) is 24.3 Å². The molecule has 0 spiro atoms. The summed E-state index contributed by atoms with van der Waals surface area (Å²) in [5.74, 6) is 1.05. The Hall–Kier alpha value is -1.03. The van der Waals surface area contributed by atoms with Gasteiger partial charge in [-0.3, -0.25) is 4.79 Å². The van der Waals surface area contributed by atoms with Crippen molar-refractivity contribution in [2.45, 2.75) is 38.1 Å². The molecule has 0 aromatic heterocycles. The van der Waals surface area contributed by atoms with Crippen LogP contribution in [0.25, 0.3) is 0 Å². The van der Waals surface area contributed by atoms with Crippen molar-refractivity contribution in [2.24, 2.45) is 0 Å². The Morgan fingerprint density at radius 3 is 2.85 bits per heavy atom. The van der Waals surface area contributed by atoms with Crippen LogP contribution in [0.4, 0.5) is 0 Å². The highest BCUT2D eigenvalue weighted by molar-refractivity contribution is 9.09. The van der Waals surface area contributed by atoms with Gasteiger partial charge in [-0.15, -0.1) is 0 Å². The van der Waals surface area contributed by atoms with Gasteiger partial charge in [-0.2, -0.15) is 0 Å². The highest BCUT2D eigenvalue weighted by atomic mass is 79.9. The second-order valence-electron chi connectivity index (χ2n) is 5.24. The normalized spacial score (nSPS) is 14.7. The number of ether oxygens (including phenoxy) is 1. The highest BCUT2D eigenvalue weighted by Crippen LogP contribution is 2.26. The van der Waals surface area contributed by atoms with Crippen molar-refractivity contribution in [3.05, 3.63) is 29.8 Å². The maximum Gasteiger partial charge on any atom is 0.227 e. The molecule has 0 heterocycles. The first kappa shape index (κ1) is 15.4. The lowest BCUT2D eigenvalue weighted by Gasteiger charge is -2.37. The standard InChI is InChI=1S/C16H22BrNO2/c1-20-15-8-2-5-13(11-15)12-16(19)18(10-4-9-17)14-6-3-7-14/h2,5,8,11,14H,3-4,6-7,9-10,12H2,1H3. The van der Waals surface area contributed by atoms with E-state index >= 15 is 0 Å². The van der Waals surface area contributed by atoms with E-state index < -0.39 is 0 Å². The third-order valence-corrected chi connectivity index (χ3v) is 4.42. The van der Waals surface area contributed by atoms with Crippen LogP contribution in [0.5, 0.6) is 5.75 Å². The monoisotopic (exact) mass is 339 g/mol. The Balaban J connectivity index is 1.99. The predicted octanol–water partition coefficient (Wildman–Crippen LogP) is 3.40. The van der Waals surface area contributed by atoms with Crippen LogP contribution in [0, 0.1) is 0 Å². The lowest BCUT2D eigenvalue weighted by atomic mass is 9.91. The molecule has 110 valence electrons. The van der Waals surface area contributed by atoms with E-state index in [1.165, 1.54) is 6.42 Å². The number of methoxy groups -OCH3 is 1. The van der Waals surface area contributed by atoms with E-state index in [2.05, 4.69) is 20.8 Å². The van der Waals surface area contributed by atoms with E-state index in [4.69, 9.17) is 4.74 Å². The van der Waals surface area contributed by atoms with Gasteiger partial charge in [0.1, 0.15) is 5.75 Å². The van der Waals surface area contributed by atoms with Crippen LogP contribution in [0.1, 0.15) is 31.2 Å². The fourth-order valence-electron chi connectivity index (χ4n) is 2.50. The first-order valence-electron chi connectivity index (χ1n) is 7.23. The number of benzene rings is 1. The zero-order chi connectivity index (χ0) is 14.4. The zero-order valence-corrected chi connectivity index (χ0v) is 13.6. The van der Waals surface area contributed by atoms with E-state index in [1.807, 2.05) is 24.3 Å². The van der Waals surface area contributed by atoms with Gasteiger partial charge in [0.2, 0.25) is 5.91 Å². The van der Waals surface area contributed by atoms with Gasteiger partial charge in [-0.1, -0.05) is 28.1 Å². The van der Waals surface area contributed by atoms with Crippen molar-refractivity contribution < 1.29 is 9.53 Å². The van der Waals surface area contributed by atoms with E-state index in [1.54, 1.807) is 7.11 Å². The number of rotatable bonds is 7. The number of nitrogens with zero attached hydrogens (tertiary/aromatic N) is 1. The van der Waals surface area contributed by atoms with Crippen LogP contribution >= 0.6 is 15.9 Å². The topological polar surface area (TPSA) is 29.5 Å². The molecule has 1 amide bonds. The van der Waals surface area contributed by atoms with Gasteiger partial charge in [0.05, 0.1) is 13.5 Å². The summed E-state index contributed by atoms with van der Waals surface area (Å²) in [4.78, 5) is 14.6. The Morgan fingerprint density at radius 2 is 2.25 bits per heavy atom. The Labute approximate surface area is 129 Å². The summed E-state index contributed by atoms with van der Waals surface area (Å²) in [5.41, 5.74) is 1.03. The van der Waals surface area contributed by atoms with Crippen LogP contribution in [0.2, 0.25) is 0 Å². The molecule has 0 aliphatic heterocycles. The molecule has 0 atom stereocenters. The second-order valence-corrected chi connectivity index (χ2v) is 6.04. The molecular formula is C16H22BrNO2. The quantitative estimate of drug-likeness (QED) is 0.712. The van der Waals surface area contributed by atoms with E-state index in [0.29, 0.717) is 12.5 Å². The molecule has 0 saturated heterocycles. The minimum atomic E-state index is 0.240.